The molecule has 0 fully saturated rings. The van der Waals surface area contributed by atoms with E-state index in [0.29, 0.717) is 17.0 Å². The molecule has 4 rings (SSSR count). The van der Waals surface area contributed by atoms with E-state index in [9.17, 15) is 9.59 Å². The number of halogens is 1. The first-order valence-corrected chi connectivity index (χ1v) is 9.34. The zero-order chi connectivity index (χ0) is 20.4. The third kappa shape index (κ3) is 3.97. The fourth-order valence-electron chi connectivity index (χ4n) is 2.86. The van der Waals surface area contributed by atoms with E-state index in [4.69, 9.17) is 9.52 Å². The summed E-state index contributed by atoms with van der Waals surface area (Å²) in [5, 5.41) is 14.0. The number of carbonyl (C=O) groups excluding carboxylic acids is 1. The number of hydrogen-bond donors (Lipinski definition) is 2. The summed E-state index contributed by atoms with van der Waals surface area (Å²) in [5.41, 5.74) is 4.57. The highest BCUT2D eigenvalue weighted by atomic mass is 79.9. The van der Waals surface area contributed by atoms with Crippen molar-refractivity contribution in [1.82, 2.24) is 9.99 Å². The van der Waals surface area contributed by atoms with Crippen molar-refractivity contribution in [1.29, 1.82) is 0 Å². The van der Waals surface area contributed by atoms with Crippen molar-refractivity contribution in [3.8, 4) is 5.69 Å². The second kappa shape index (κ2) is 7.76. The lowest BCUT2D eigenvalue weighted by atomic mass is 10.2. The normalized spacial score (nSPS) is 11.2. The average Bonchev–Trinajstić information content (AvgIpc) is 3.34. The molecule has 0 aliphatic rings. The molecular formula is C21H14BrN3O4. The van der Waals surface area contributed by atoms with Gasteiger partial charge in [0.25, 0.3) is 0 Å². The summed E-state index contributed by atoms with van der Waals surface area (Å²) in [5.74, 6) is -1.32. The Balaban J connectivity index is 1.51. The number of hydrogen-bond acceptors (Lipinski definition) is 4. The molecule has 0 unspecified atom stereocenters. The summed E-state index contributed by atoms with van der Waals surface area (Å²) in [6.07, 6.45) is 3.26. The minimum Gasteiger partial charge on any atom is -0.478 e. The summed E-state index contributed by atoms with van der Waals surface area (Å²) in [6, 6.07) is 17.2. The number of hydrazone groups is 1. The van der Waals surface area contributed by atoms with E-state index >= 15 is 0 Å². The Morgan fingerprint density at radius 2 is 1.97 bits per heavy atom. The number of carboxylic acid groups (broad SMARTS) is 1. The lowest BCUT2D eigenvalue weighted by Gasteiger charge is -2.07. The summed E-state index contributed by atoms with van der Waals surface area (Å²) >= 11 is 3.38. The third-order valence-electron chi connectivity index (χ3n) is 4.22. The lowest BCUT2D eigenvalue weighted by Crippen LogP contribution is -2.17. The Labute approximate surface area is 173 Å². The van der Waals surface area contributed by atoms with Crippen molar-refractivity contribution < 1.29 is 19.1 Å². The highest BCUT2D eigenvalue weighted by molar-refractivity contribution is 9.10. The molecule has 0 saturated carbocycles. The molecule has 8 heteroatoms. The van der Waals surface area contributed by atoms with Gasteiger partial charge in [-0.3, -0.25) is 4.79 Å². The van der Waals surface area contributed by atoms with Gasteiger partial charge in [0.05, 0.1) is 17.5 Å². The molecule has 144 valence electrons. The molecule has 2 aromatic carbocycles. The number of furan rings is 1. The fourth-order valence-corrected chi connectivity index (χ4v) is 3.24. The number of amides is 1. The van der Waals surface area contributed by atoms with Gasteiger partial charge < -0.3 is 14.1 Å². The number of nitrogens with zero attached hydrogens (tertiary/aromatic N) is 2. The SMILES string of the molecule is O=C(O)c1cccc(-n2cccc2/C=N/NC(=O)c2cc3cc(Br)ccc3o2)c1. The van der Waals surface area contributed by atoms with E-state index in [1.165, 1.54) is 12.3 Å². The first kappa shape index (κ1) is 18.7. The van der Waals surface area contributed by atoms with Crippen LogP contribution in [0.4, 0.5) is 0 Å². The van der Waals surface area contributed by atoms with Crippen LogP contribution in [0.25, 0.3) is 16.7 Å². The second-order valence-corrected chi connectivity index (χ2v) is 7.07. The van der Waals surface area contributed by atoms with Crippen molar-refractivity contribution in [2.24, 2.45) is 5.10 Å². The minimum absolute atomic E-state index is 0.153. The monoisotopic (exact) mass is 451 g/mol. The van der Waals surface area contributed by atoms with Gasteiger partial charge in [0.1, 0.15) is 5.58 Å². The maximum absolute atomic E-state index is 12.3. The van der Waals surface area contributed by atoms with Crippen molar-refractivity contribution >= 4 is 45.0 Å². The van der Waals surface area contributed by atoms with Crippen LogP contribution in [-0.4, -0.2) is 27.8 Å². The van der Waals surface area contributed by atoms with Crippen molar-refractivity contribution in [2.75, 3.05) is 0 Å². The molecule has 0 aliphatic carbocycles. The standard InChI is InChI=1S/C21H14BrN3O4/c22-15-6-7-18-14(9-15)11-19(29-18)20(26)24-23-12-17-5-2-8-25(17)16-4-1-3-13(10-16)21(27)28/h1-12H,(H,24,26)(H,27,28)/b23-12+. The molecule has 0 bridgehead atoms. The van der Waals surface area contributed by atoms with Gasteiger partial charge in [0.15, 0.2) is 5.76 Å². The quantitative estimate of drug-likeness (QED) is 0.346. The third-order valence-corrected chi connectivity index (χ3v) is 4.71. The van der Waals surface area contributed by atoms with Crippen LogP contribution in [0.15, 0.2) is 80.9 Å². The Kier molecular flexibility index (Phi) is 5.01. The average molecular weight is 452 g/mol. The van der Waals surface area contributed by atoms with Gasteiger partial charge in [-0.25, -0.2) is 10.2 Å². The first-order valence-electron chi connectivity index (χ1n) is 8.55. The number of fused-ring (bicyclic) bond motifs is 1. The molecule has 2 N–H and O–H groups in total. The zero-order valence-corrected chi connectivity index (χ0v) is 16.5. The van der Waals surface area contributed by atoms with E-state index in [1.54, 1.807) is 53.2 Å². The highest BCUT2D eigenvalue weighted by Crippen LogP contribution is 2.23. The zero-order valence-electron chi connectivity index (χ0n) is 14.9. The van der Waals surface area contributed by atoms with Crippen LogP contribution in [0.3, 0.4) is 0 Å². The molecular weight excluding hydrogens is 438 g/mol. The smallest absolute Gasteiger partial charge is 0.335 e. The Morgan fingerprint density at radius 3 is 2.79 bits per heavy atom. The van der Waals surface area contributed by atoms with E-state index in [0.717, 1.165) is 9.86 Å². The molecule has 0 aliphatic heterocycles. The van der Waals surface area contributed by atoms with Gasteiger partial charge in [-0.05, 0) is 54.6 Å². The lowest BCUT2D eigenvalue weighted by molar-refractivity contribution is 0.0696. The number of rotatable bonds is 5. The van der Waals surface area contributed by atoms with Gasteiger partial charge in [-0.1, -0.05) is 22.0 Å². The van der Waals surface area contributed by atoms with Crippen LogP contribution in [0, 0.1) is 0 Å². The molecule has 7 nitrogen and oxygen atoms in total. The van der Waals surface area contributed by atoms with Gasteiger partial charge in [-0.2, -0.15) is 5.10 Å². The van der Waals surface area contributed by atoms with Gasteiger partial charge in [0.2, 0.25) is 0 Å². The topological polar surface area (TPSA) is 96.8 Å². The molecule has 4 aromatic rings. The minimum atomic E-state index is -1.00. The number of nitrogens with one attached hydrogen (secondary N) is 1. The summed E-state index contributed by atoms with van der Waals surface area (Å²) in [7, 11) is 0. The highest BCUT2D eigenvalue weighted by Gasteiger charge is 2.12. The molecule has 29 heavy (non-hydrogen) atoms. The fraction of sp³-hybridized carbons (Fsp3) is 0. The number of aromatic carboxylic acids is 1. The Hall–Kier alpha value is -3.65. The van der Waals surface area contributed by atoms with Crippen LogP contribution in [0.1, 0.15) is 26.6 Å². The Morgan fingerprint density at radius 1 is 1.10 bits per heavy atom. The van der Waals surface area contributed by atoms with Crippen molar-refractivity contribution in [3.05, 3.63) is 88.4 Å². The first-order chi connectivity index (χ1) is 14.0. The number of aromatic nitrogens is 1. The Bertz CT molecular complexity index is 1260. The predicted molar refractivity (Wildman–Crippen MR) is 112 cm³/mol. The molecule has 2 heterocycles. The maximum Gasteiger partial charge on any atom is 0.335 e. The van der Waals surface area contributed by atoms with E-state index < -0.39 is 11.9 Å². The van der Waals surface area contributed by atoms with Gasteiger partial charge in [0, 0.05) is 21.7 Å². The van der Waals surface area contributed by atoms with Crippen LogP contribution >= 0.6 is 15.9 Å². The van der Waals surface area contributed by atoms with Crippen LogP contribution in [0.5, 0.6) is 0 Å². The summed E-state index contributed by atoms with van der Waals surface area (Å²) < 4.78 is 8.19. The van der Waals surface area contributed by atoms with Crippen LogP contribution in [0.2, 0.25) is 0 Å². The van der Waals surface area contributed by atoms with E-state index in [1.807, 2.05) is 12.1 Å². The summed E-state index contributed by atoms with van der Waals surface area (Å²) in [6.45, 7) is 0. The van der Waals surface area contributed by atoms with E-state index in [-0.39, 0.29) is 11.3 Å². The van der Waals surface area contributed by atoms with E-state index in [2.05, 4.69) is 26.5 Å². The molecule has 1 amide bonds. The second-order valence-electron chi connectivity index (χ2n) is 6.15. The number of carboxylic acids is 1. The molecule has 0 atom stereocenters. The van der Waals surface area contributed by atoms with Crippen LogP contribution in [-0.2, 0) is 0 Å². The molecule has 0 radical (unpaired) electrons. The van der Waals surface area contributed by atoms with Crippen LogP contribution < -0.4 is 5.43 Å². The van der Waals surface area contributed by atoms with Crippen molar-refractivity contribution in [3.63, 3.8) is 0 Å². The molecule has 0 spiro atoms. The number of carbonyl (C=O) groups is 2. The van der Waals surface area contributed by atoms with Gasteiger partial charge >= 0.3 is 11.9 Å². The maximum atomic E-state index is 12.3. The van der Waals surface area contributed by atoms with Crippen molar-refractivity contribution in [2.45, 2.75) is 0 Å². The molecule has 2 aromatic heterocycles. The number of benzene rings is 2. The predicted octanol–water partition coefficient (Wildman–Crippen LogP) is 4.45. The van der Waals surface area contributed by atoms with Gasteiger partial charge in [-0.15, -0.1) is 0 Å². The summed E-state index contributed by atoms with van der Waals surface area (Å²) in [4.78, 5) is 23.5. The largest absolute Gasteiger partial charge is 0.478 e. The molecule has 0 saturated heterocycles.